The van der Waals surface area contributed by atoms with Crippen molar-refractivity contribution in [2.45, 2.75) is 19.4 Å². The van der Waals surface area contributed by atoms with Gasteiger partial charge in [-0.1, -0.05) is 30.3 Å². The lowest BCUT2D eigenvalue weighted by atomic mass is 10.1. The van der Waals surface area contributed by atoms with Gasteiger partial charge in [-0.2, -0.15) is 0 Å². The molecule has 3 rings (SSSR count). The quantitative estimate of drug-likeness (QED) is 0.849. The average Bonchev–Trinajstić information content (AvgIpc) is 3.16. The predicted octanol–water partition coefficient (Wildman–Crippen LogP) is 2.07. The zero-order valence-electron chi connectivity index (χ0n) is 13.4. The molecule has 22 heavy (non-hydrogen) atoms. The van der Waals surface area contributed by atoms with Crippen LogP contribution in [-0.4, -0.2) is 40.6 Å². The molecule has 118 valence electrons. The molecule has 1 fully saturated rings. The van der Waals surface area contributed by atoms with Crippen LogP contribution in [0.3, 0.4) is 0 Å². The number of hydrogen-bond donors (Lipinski definition) is 1. The summed E-state index contributed by atoms with van der Waals surface area (Å²) in [4.78, 5) is 6.75. The van der Waals surface area contributed by atoms with E-state index in [0.29, 0.717) is 0 Å². The van der Waals surface area contributed by atoms with Crippen molar-refractivity contribution >= 4 is 0 Å². The highest BCUT2D eigenvalue weighted by Gasteiger charge is 2.21. The lowest BCUT2D eigenvalue weighted by Gasteiger charge is -2.16. The molecule has 2 heterocycles. The van der Waals surface area contributed by atoms with E-state index in [1.165, 1.54) is 37.3 Å². The molecule has 0 radical (unpaired) electrons. The van der Waals surface area contributed by atoms with Crippen LogP contribution in [0.5, 0.6) is 0 Å². The van der Waals surface area contributed by atoms with Crippen molar-refractivity contribution in [1.29, 1.82) is 0 Å². The van der Waals surface area contributed by atoms with E-state index in [1.807, 2.05) is 19.6 Å². The van der Waals surface area contributed by atoms with Gasteiger partial charge < -0.3 is 14.8 Å². The third-order valence-corrected chi connectivity index (χ3v) is 4.59. The van der Waals surface area contributed by atoms with Crippen LogP contribution in [-0.2, 0) is 20.0 Å². The first-order valence-corrected chi connectivity index (χ1v) is 8.23. The maximum Gasteiger partial charge on any atom is 0.0945 e. The van der Waals surface area contributed by atoms with Gasteiger partial charge in [0, 0.05) is 32.9 Å². The Hall–Kier alpha value is -1.65. The van der Waals surface area contributed by atoms with Gasteiger partial charge in [0.25, 0.3) is 0 Å². The molecular formula is C18H26N4. The Morgan fingerprint density at radius 1 is 1.27 bits per heavy atom. The Balaban J connectivity index is 1.35. The summed E-state index contributed by atoms with van der Waals surface area (Å²) in [5.74, 6) is 0.781. The van der Waals surface area contributed by atoms with Crippen molar-refractivity contribution in [2.75, 3.05) is 26.2 Å². The van der Waals surface area contributed by atoms with Crippen molar-refractivity contribution in [3.63, 3.8) is 0 Å². The van der Waals surface area contributed by atoms with E-state index < -0.39 is 0 Å². The molecule has 1 aliphatic heterocycles. The number of benzene rings is 1. The number of aryl methyl sites for hydroxylation is 1. The van der Waals surface area contributed by atoms with Crippen LogP contribution in [0, 0.1) is 5.92 Å². The van der Waals surface area contributed by atoms with E-state index in [0.717, 1.165) is 25.4 Å². The van der Waals surface area contributed by atoms with Gasteiger partial charge in [-0.3, -0.25) is 0 Å². The minimum Gasteiger partial charge on any atom is -0.337 e. The molecule has 1 unspecified atom stereocenters. The first kappa shape index (κ1) is 15.3. The molecule has 0 spiro atoms. The van der Waals surface area contributed by atoms with E-state index in [1.54, 1.807) is 0 Å². The fourth-order valence-electron chi connectivity index (χ4n) is 3.17. The van der Waals surface area contributed by atoms with E-state index >= 15 is 0 Å². The van der Waals surface area contributed by atoms with Crippen molar-refractivity contribution in [3.05, 3.63) is 54.1 Å². The van der Waals surface area contributed by atoms with Crippen LogP contribution in [0.25, 0.3) is 0 Å². The Kier molecular flexibility index (Phi) is 5.24. The summed E-state index contributed by atoms with van der Waals surface area (Å²) < 4.78 is 2.08. The van der Waals surface area contributed by atoms with Crippen LogP contribution in [0.1, 0.15) is 17.7 Å². The number of nitrogens with zero attached hydrogens (tertiary/aromatic N) is 3. The average molecular weight is 298 g/mol. The third kappa shape index (κ3) is 4.18. The number of aromatic nitrogens is 2. The number of rotatable bonds is 7. The van der Waals surface area contributed by atoms with Gasteiger partial charge in [0.15, 0.2) is 0 Å². The third-order valence-electron chi connectivity index (χ3n) is 4.59. The highest BCUT2D eigenvalue weighted by atomic mass is 15.1. The standard InChI is InChI=1S/C18H26N4/c1-21-15-20-13-18(21)12-19-11-17-8-10-22(14-17)9-7-16-5-3-2-4-6-16/h2-6,13,15,17,19H,7-12,14H2,1H3. The second-order valence-corrected chi connectivity index (χ2v) is 6.32. The van der Waals surface area contributed by atoms with Gasteiger partial charge in [-0.05, 0) is 37.4 Å². The molecule has 1 N–H and O–H groups in total. The van der Waals surface area contributed by atoms with E-state index in [-0.39, 0.29) is 0 Å². The highest BCUT2D eigenvalue weighted by molar-refractivity contribution is 5.14. The van der Waals surface area contributed by atoms with Gasteiger partial charge in [-0.15, -0.1) is 0 Å². The van der Waals surface area contributed by atoms with Crippen LogP contribution in [0.15, 0.2) is 42.9 Å². The van der Waals surface area contributed by atoms with Gasteiger partial charge >= 0.3 is 0 Å². The van der Waals surface area contributed by atoms with Gasteiger partial charge in [0.2, 0.25) is 0 Å². The summed E-state index contributed by atoms with van der Waals surface area (Å²) in [5.41, 5.74) is 2.69. The van der Waals surface area contributed by atoms with Gasteiger partial charge in [-0.25, -0.2) is 4.98 Å². The molecule has 0 saturated carbocycles. The zero-order valence-corrected chi connectivity index (χ0v) is 13.4. The maximum atomic E-state index is 4.15. The van der Waals surface area contributed by atoms with Crippen LogP contribution in [0.4, 0.5) is 0 Å². The van der Waals surface area contributed by atoms with Crippen LogP contribution < -0.4 is 5.32 Å². The number of imidazole rings is 1. The van der Waals surface area contributed by atoms with Gasteiger partial charge in [0.1, 0.15) is 0 Å². The van der Waals surface area contributed by atoms with Crippen molar-refractivity contribution in [3.8, 4) is 0 Å². The molecule has 0 bridgehead atoms. The molecule has 1 saturated heterocycles. The number of hydrogen-bond acceptors (Lipinski definition) is 3. The summed E-state index contributed by atoms with van der Waals surface area (Å²) in [6.45, 7) is 5.67. The summed E-state index contributed by atoms with van der Waals surface area (Å²) in [7, 11) is 2.05. The van der Waals surface area contributed by atoms with E-state index in [2.05, 4.69) is 50.1 Å². The molecule has 0 aliphatic carbocycles. The van der Waals surface area contributed by atoms with Crippen molar-refractivity contribution < 1.29 is 0 Å². The molecule has 1 aromatic carbocycles. The highest BCUT2D eigenvalue weighted by Crippen LogP contribution is 2.16. The molecule has 4 heteroatoms. The second kappa shape index (κ2) is 7.56. The molecule has 0 amide bonds. The minimum atomic E-state index is 0.781. The summed E-state index contributed by atoms with van der Waals surface area (Å²) in [6.07, 6.45) is 6.27. The molecule has 1 aromatic heterocycles. The summed E-state index contributed by atoms with van der Waals surface area (Å²) >= 11 is 0. The molecule has 4 nitrogen and oxygen atoms in total. The zero-order chi connectivity index (χ0) is 15.2. The Labute approximate surface area is 133 Å². The van der Waals surface area contributed by atoms with Crippen LogP contribution in [0.2, 0.25) is 0 Å². The number of likely N-dealkylation sites (tertiary alicyclic amines) is 1. The first-order valence-electron chi connectivity index (χ1n) is 8.23. The largest absolute Gasteiger partial charge is 0.337 e. The number of nitrogens with one attached hydrogen (secondary N) is 1. The monoisotopic (exact) mass is 298 g/mol. The predicted molar refractivity (Wildman–Crippen MR) is 89.6 cm³/mol. The topological polar surface area (TPSA) is 33.1 Å². The lowest BCUT2D eigenvalue weighted by Crippen LogP contribution is -2.27. The van der Waals surface area contributed by atoms with Crippen molar-refractivity contribution in [2.24, 2.45) is 13.0 Å². The fourth-order valence-corrected chi connectivity index (χ4v) is 3.17. The summed E-state index contributed by atoms with van der Waals surface area (Å²) in [6, 6.07) is 10.8. The SMILES string of the molecule is Cn1cncc1CNCC1CCN(CCc2ccccc2)C1. The molecule has 1 atom stereocenters. The van der Waals surface area contributed by atoms with Crippen molar-refractivity contribution in [1.82, 2.24) is 19.8 Å². The lowest BCUT2D eigenvalue weighted by molar-refractivity contribution is 0.325. The molecule has 2 aromatic rings. The normalized spacial score (nSPS) is 18.9. The summed E-state index contributed by atoms with van der Waals surface area (Å²) in [5, 5.41) is 3.58. The Morgan fingerprint density at radius 2 is 2.14 bits per heavy atom. The fraction of sp³-hybridized carbons (Fsp3) is 0.500. The van der Waals surface area contributed by atoms with Crippen LogP contribution >= 0.6 is 0 Å². The second-order valence-electron chi connectivity index (χ2n) is 6.32. The Bertz CT molecular complexity index is 563. The molecular weight excluding hydrogens is 272 g/mol. The Morgan fingerprint density at radius 3 is 2.91 bits per heavy atom. The van der Waals surface area contributed by atoms with E-state index in [9.17, 15) is 0 Å². The van der Waals surface area contributed by atoms with Gasteiger partial charge in [0.05, 0.1) is 12.0 Å². The van der Waals surface area contributed by atoms with E-state index in [4.69, 9.17) is 0 Å². The minimum absolute atomic E-state index is 0.781. The smallest absolute Gasteiger partial charge is 0.0945 e. The maximum absolute atomic E-state index is 4.15. The first-order chi connectivity index (χ1) is 10.8. The molecule has 1 aliphatic rings.